The van der Waals surface area contributed by atoms with Crippen LogP contribution in [0.5, 0.6) is 0 Å². The SMILES string of the molecule is CCCCCCCCCC/C=C\CCCCCCCCCCCCCCCCCCCCCCCCCC(=O)OC(COC(=O)CCCCCCCC)COP(=O)(O)OCC[N+](C)(C)C. The normalized spacial score (nSPS) is 13.4. The fraction of sp³-hybridized carbons (Fsp3) is 0.927. The molecule has 386 valence electrons. The van der Waals surface area contributed by atoms with Gasteiger partial charge >= 0.3 is 19.8 Å². The lowest BCUT2D eigenvalue weighted by Crippen LogP contribution is -2.37. The van der Waals surface area contributed by atoms with E-state index in [0.717, 1.165) is 44.9 Å². The van der Waals surface area contributed by atoms with Crippen LogP contribution in [0.2, 0.25) is 0 Å². The molecule has 0 aliphatic carbocycles. The van der Waals surface area contributed by atoms with E-state index in [1.165, 1.54) is 205 Å². The van der Waals surface area contributed by atoms with Crippen molar-refractivity contribution in [1.29, 1.82) is 0 Å². The van der Waals surface area contributed by atoms with E-state index in [9.17, 15) is 19.0 Å². The number of unbranched alkanes of at least 4 members (excludes halogenated alkanes) is 36. The fourth-order valence-electron chi connectivity index (χ4n) is 8.19. The molecule has 0 spiro atoms. The molecule has 2 unspecified atom stereocenters. The van der Waals surface area contributed by atoms with Gasteiger partial charge < -0.3 is 18.9 Å². The Hall–Kier alpha value is -1.25. The second kappa shape index (κ2) is 47.8. The monoisotopic (exact) mass is 943 g/mol. The average molecular weight is 943 g/mol. The summed E-state index contributed by atoms with van der Waals surface area (Å²) in [5.74, 6) is -0.794. The van der Waals surface area contributed by atoms with Crippen LogP contribution < -0.4 is 0 Å². The molecule has 0 rings (SSSR count). The van der Waals surface area contributed by atoms with Crippen LogP contribution in [0.3, 0.4) is 0 Å². The Labute approximate surface area is 403 Å². The van der Waals surface area contributed by atoms with Gasteiger partial charge in [0, 0.05) is 12.8 Å². The van der Waals surface area contributed by atoms with Gasteiger partial charge in [-0.25, -0.2) is 4.57 Å². The molecule has 9 nitrogen and oxygen atoms in total. The number of quaternary nitrogens is 1. The largest absolute Gasteiger partial charge is 0.472 e. The maximum atomic E-state index is 12.7. The van der Waals surface area contributed by atoms with Gasteiger partial charge in [-0.15, -0.1) is 0 Å². The number of phosphoric acid groups is 1. The Morgan fingerprint density at radius 1 is 0.462 bits per heavy atom. The fourth-order valence-corrected chi connectivity index (χ4v) is 8.93. The van der Waals surface area contributed by atoms with Crippen molar-refractivity contribution in [2.24, 2.45) is 0 Å². The number of carbonyl (C=O) groups is 2. The van der Waals surface area contributed by atoms with Crippen LogP contribution in [0.25, 0.3) is 0 Å². The standard InChI is InChI=1S/C55H108NO8P/c1-6-8-10-12-14-15-16-17-18-19-20-21-22-23-24-25-26-27-28-29-30-31-32-33-34-35-36-37-38-39-40-41-42-44-46-48-55(58)64-53(51-61-54(57)47-45-43-13-11-9-7-2)52-63-65(59,60)62-50-49-56(3,4)5/h19-20,53H,6-18,21-52H2,1-5H3/p+1/b20-19-. The van der Waals surface area contributed by atoms with E-state index in [1.807, 2.05) is 21.1 Å². The zero-order valence-electron chi connectivity index (χ0n) is 43.8. The molecule has 0 heterocycles. The van der Waals surface area contributed by atoms with Gasteiger partial charge in [0.15, 0.2) is 6.10 Å². The first-order valence-corrected chi connectivity index (χ1v) is 29.4. The highest BCUT2D eigenvalue weighted by atomic mass is 31.2. The minimum Gasteiger partial charge on any atom is -0.462 e. The molecule has 0 aromatic heterocycles. The van der Waals surface area contributed by atoms with Gasteiger partial charge in [0.05, 0.1) is 27.7 Å². The third-order valence-corrected chi connectivity index (χ3v) is 13.5. The molecule has 1 N–H and O–H groups in total. The molecule has 0 radical (unpaired) electrons. The highest BCUT2D eigenvalue weighted by Gasteiger charge is 2.27. The minimum atomic E-state index is -4.36. The highest BCUT2D eigenvalue weighted by Crippen LogP contribution is 2.43. The zero-order valence-corrected chi connectivity index (χ0v) is 44.6. The van der Waals surface area contributed by atoms with Gasteiger partial charge in [-0.3, -0.25) is 18.6 Å². The third kappa shape index (κ3) is 52.0. The summed E-state index contributed by atoms with van der Waals surface area (Å²) in [7, 11) is 1.49. The molecule has 0 aliphatic heterocycles. The molecule has 0 aliphatic rings. The maximum absolute atomic E-state index is 12.7. The molecule has 0 amide bonds. The molecule has 10 heteroatoms. The van der Waals surface area contributed by atoms with Crippen LogP contribution in [0.15, 0.2) is 12.2 Å². The summed E-state index contributed by atoms with van der Waals surface area (Å²) >= 11 is 0. The Balaban J connectivity index is 3.78. The topological polar surface area (TPSA) is 108 Å². The van der Waals surface area contributed by atoms with Gasteiger partial charge in [-0.1, -0.05) is 238 Å². The van der Waals surface area contributed by atoms with Crippen molar-refractivity contribution >= 4 is 19.8 Å². The lowest BCUT2D eigenvalue weighted by atomic mass is 10.0. The van der Waals surface area contributed by atoms with Crippen molar-refractivity contribution in [3.63, 3.8) is 0 Å². The number of phosphoric ester groups is 1. The highest BCUT2D eigenvalue weighted by molar-refractivity contribution is 7.47. The maximum Gasteiger partial charge on any atom is 0.472 e. The molecular weight excluding hydrogens is 834 g/mol. The molecule has 0 bridgehead atoms. The third-order valence-electron chi connectivity index (χ3n) is 12.5. The summed E-state index contributed by atoms with van der Waals surface area (Å²) in [6.07, 6.45) is 54.9. The second-order valence-corrected chi connectivity index (χ2v) is 21.8. The van der Waals surface area contributed by atoms with Crippen molar-refractivity contribution in [3.05, 3.63) is 12.2 Å². The number of nitrogens with zero attached hydrogens (tertiary/aromatic N) is 1. The first kappa shape index (κ1) is 63.8. The molecule has 0 fully saturated rings. The van der Waals surface area contributed by atoms with Gasteiger partial charge in [-0.05, 0) is 38.5 Å². The molecule has 0 aromatic carbocycles. The van der Waals surface area contributed by atoms with Crippen molar-refractivity contribution < 1.29 is 42.1 Å². The number of hydrogen-bond donors (Lipinski definition) is 1. The van der Waals surface area contributed by atoms with Gasteiger partial charge in [0.2, 0.25) is 0 Å². The van der Waals surface area contributed by atoms with E-state index < -0.39 is 26.5 Å². The molecule has 2 atom stereocenters. The minimum absolute atomic E-state index is 0.0356. The first-order valence-electron chi connectivity index (χ1n) is 27.9. The number of hydrogen-bond acceptors (Lipinski definition) is 7. The second-order valence-electron chi connectivity index (χ2n) is 20.3. The summed E-state index contributed by atoms with van der Waals surface area (Å²) in [6.45, 7) is 4.39. The Bertz CT molecular complexity index is 1110. The van der Waals surface area contributed by atoms with Crippen LogP contribution in [-0.4, -0.2) is 74.9 Å². The van der Waals surface area contributed by atoms with E-state index in [2.05, 4.69) is 26.0 Å². The lowest BCUT2D eigenvalue weighted by molar-refractivity contribution is -0.870. The summed E-state index contributed by atoms with van der Waals surface area (Å²) in [5.41, 5.74) is 0. The number of carbonyl (C=O) groups excluding carboxylic acids is 2. The van der Waals surface area contributed by atoms with Crippen molar-refractivity contribution in [2.45, 2.75) is 283 Å². The van der Waals surface area contributed by atoms with Crippen LogP contribution in [0.4, 0.5) is 0 Å². The summed E-state index contributed by atoms with van der Waals surface area (Å²) in [4.78, 5) is 35.2. The molecule has 0 aromatic rings. The number of rotatable bonds is 52. The predicted molar refractivity (Wildman–Crippen MR) is 275 cm³/mol. The van der Waals surface area contributed by atoms with Crippen molar-refractivity contribution in [3.8, 4) is 0 Å². The molecule has 65 heavy (non-hydrogen) atoms. The Morgan fingerprint density at radius 3 is 1.14 bits per heavy atom. The van der Waals surface area contributed by atoms with E-state index >= 15 is 0 Å². The number of esters is 2. The summed E-state index contributed by atoms with van der Waals surface area (Å²) in [6, 6.07) is 0. The number of likely N-dealkylation sites (N-methyl/N-ethyl adjacent to an activating group) is 1. The average Bonchev–Trinajstić information content (AvgIpc) is 3.26. The molecular formula is C55H109NO8P+. The van der Waals surface area contributed by atoms with Crippen LogP contribution >= 0.6 is 7.82 Å². The van der Waals surface area contributed by atoms with Crippen molar-refractivity contribution in [2.75, 3.05) is 47.5 Å². The van der Waals surface area contributed by atoms with E-state index in [1.54, 1.807) is 0 Å². The Morgan fingerprint density at radius 2 is 0.785 bits per heavy atom. The van der Waals surface area contributed by atoms with E-state index in [4.69, 9.17) is 18.5 Å². The number of ether oxygens (including phenoxy) is 2. The smallest absolute Gasteiger partial charge is 0.462 e. The Kier molecular flexibility index (Phi) is 46.9. The van der Waals surface area contributed by atoms with Crippen LogP contribution in [-0.2, 0) is 32.7 Å². The quantitative estimate of drug-likeness (QED) is 0.0211. The molecule has 0 saturated heterocycles. The van der Waals surface area contributed by atoms with Gasteiger partial charge in [-0.2, -0.15) is 0 Å². The predicted octanol–water partition coefficient (Wildman–Crippen LogP) is 16.9. The zero-order chi connectivity index (χ0) is 47.8. The first-order chi connectivity index (χ1) is 31.5. The number of allylic oxidation sites excluding steroid dienone is 2. The van der Waals surface area contributed by atoms with E-state index in [-0.39, 0.29) is 25.6 Å². The molecule has 0 saturated carbocycles. The van der Waals surface area contributed by atoms with Gasteiger partial charge in [0.1, 0.15) is 19.8 Å². The lowest BCUT2D eigenvalue weighted by Gasteiger charge is -2.24. The van der Waals surface area contributed by atoms with Crippen molar-refractivity contribution in [1.82, 2.24) is 0 Å². The van der Waals surface area contributed by atoms with E-state index in [0.29, 0.717) is 17.4 Å². The van der Waals surface area contributed by atoms with Crippen LogP contribution in [0.1, 0.15) is 277 Å². The summed E-state index contributed by atoms with van der Waals surface area (Å²) < 4.78 is 34.2. The summed E-state index contributed by atoms with van der Waals surface area (Å²) in [5, 5.41) is 0. The van der Waals surface area contributed by atoms with Gasteiger partial charge in [0.25, 0.3) is 0 Å². The van der Waals surface area contributed by atoms with Crippen LogP contribution in [0, 0.1) is 0 Å².